The van der Waals surface area contributed by atoms with Crippen molar-refractivity contribution in [1.29, 1.82) is 0 Å². The van der Waals surface area contributed by atoms with E-state index in [1.54, 1.807) is 0 Å². The first kappa shape index (κ1) is 8.49. The van der Waals surface area contributed by atoms with E-state index in [0.717, 1.165) is 5.92 Å². The summed E-state index contributed by atoms with van der Waals surface area (Å²) in [7, 11) is 2.79. The Morgan fingerprint density at radius 1 is 1.40 bits per heavy atom. The van der Waals surface area contributed by atoms with Gasteiger partial charge in [-0.2, -0.15) is 0 Å². The van der Waals surface area contributed by atoms with Crippen molar-refractivity contribution in [3.8, 4) is 0 Å². The van der Waals surface area contributed by atoms with Gasteiger partial charge in [0, 0.05) is 13.1 Å². The molecule has 0 bridgehead atoms. The van der Waals surface area contributed by atoms with E-state index in [-0.39, 0.29) is 0 Å². The standard InChI is InChI=1S/C8H18NP/c1-2-3-8-4-6-9(10)7-5-8/h8H,2-7,10H2,1H3. The average molecular weight is 159 g/mol. The van der Waals surface area contributed by atoms with Gasteiger partial charge in [-0.3, -0.25) is 4.67 Å². The summed E-state index contributed by atoms with van der Waals surface area (Å²) >= 11 is 0. The van der Waals surface area contributed by atoms with Crippen LogP contribution < -0.4 is 0 Å². The van der Waals surface area contributed by atoms with Gasteiger partial charge in [-0.25, -0.2) is 0 Å². The van der Waals surface area contributed by atoms with E-state index in [4.69, 9.17) is 0 Å². The second kappa shape index (κ2) is 4.31. The van der Waals surface area contributed by atoms with Gasteiger partial charge in [0.2, 0.25) is 0 Å². The van der Waals surface area contributed by atoms with E-state index >= 15 is 0 Å². The van der Waals surface area contributed by atoms with Crippen molar-refractivity contribution in [3.05, 3.63) is 0 Å². The number of hydrogen-bond donors (Lipinski definition) is 0. The van der Waals surface area contributed by atoms with Crippen LogP contribution >= 0.6 is 9.39 Å². The molecule has 1 aliphatic rings. The molecule has 1 saturated heterocycles. The first-order valence-electron chi connectivity index (χ1n) is 4.32. The van der Waals surface area contributed by atoms with Crippen LogP contribution in [0, 0.1) is 5.92 Å². The molecule has 1 fully saturated rings. The number of nitrogens with zero attached hydrogens (tertiary/aromatic N) is 1. The first-order chi connectivity index (χ1) is 4.83. The first-order valence-corrected chi connectivity index (χ1v) is 4.84. The van der Waals surface area contributed by atoms with Crippen molar-refractivity contribution in [3.63, 3.8) is 0 Å². The maximum atomic E-state index is 2.79. The van der Waals surface area contributed by atoms with Gasteiger partial charge in [-0.05, 0) is 18.8 Å². The zero-order chi connectivity index (χ0) is 7.40. The summed E-state index contributed by atoms with van der Waals surface area (Å²) in [5, 5.41) is 0. The van der Waals surface area contributed by atoms with Gasteiger partial charge >= 0.3 is 0 Å². The third-order valence-electron chi connectivity index (χ3n) is 2.35. The predicted octanol–water partition coefficient (Wildman–Crippen LogP) is 2.29. The minimum atomic E-state index is 1.03. The molecular weight excluding hydrogens is 141 g/mol. The van der Waals surface area contributed by atoms with Crippen molar-refractivity contribution < 1.29 is 0 Å². The summed E-state index contributed by atoms with van der Waals surface area (Å²) in [4.78, 5) is 0. The second-order valence-corrected chi connectivity index (χ2v) is 4.00. The predicted molar refractivity (Wildman–Crippen MR) is 48.9 cm³/mol. The molecule has 0 spiro atoms. The Labute approximate surface area is 66.4 Å². The van der Waals surface area contributed by atoms with Crippen LogP contribution in [0.3, 0.4) is 0 Å². The van der Waals surface area contributed by atoms with Crippen LogP contribution in [0.15, 0.2) is 0 Å². The zero-order valence-corrected chi connectivity index (χ0v) is 8.00. The summed E-state index contributed by atoms with van der Waals surface area (Å²) in [6, 6.07) is 0. The average Bonchev–Trinajstić information content (AvgIpc) is 1.95. The zero-order valence-electron chi connectivity index (χ0n) is 6.84. The molecule has 0 radical (unpaired) electrons. The fourth-order valence-corrected chi connectivity index (χ4v) is 1.95. The summed E-state index contributed by atoms with van der Waals surface area (Å²) in [6.45, 7) is 4.86. The molecule has 0 aromatic heterocycles. The Balaban J connectivity index is 2.13. The van der Waals surface area contributed by atoms with Gasteiger partial charge in [0.1, 0.15) is 0 Å². The Bertz CT molecular complexity index is 87.3. The Kier molecular flexibility index (Phi) is 3.65. The smallest absolute Gasteiger partial charge is 0.00188 e. The highest BCUT2D eigenvalue weighted by atomic mass is 31.0. The van der Waals surface area contributed by atoms with Gasteiger partial charge in [-0.1, -0.05) is 29.2 Å². The highest BCUT2D eigenvalue weighted by Gasteiger charge is 2.14. The normalized spacial score (nSPS) is 23.4. The lowest BCUT2D eigenvalue weighted by Gasteiger charge is -2.28. The van der Waals surface area contributed by atoms with Crippen molar-refractivity contribution in [1.82, 2.24) is 4.67 Å². The lowest BCUT2D eigenvalue weighted by Crippen LogP contribution is -2.25. The largest absolute Gasteiger partial charge is 0.287 e. The quantitative estimate of drug-likeness (QED) is 0.559. The SMILES string of the molecule is CCCC1CCN(P)CC1. The van der Waals surface area contributed by atoms with Crippen LogP contribution in [0.2, 0.25) is 0 Å². The molecule has 0 aliphatic carbocycles. The van der Waals surface area contributed by atoms with Crippen LogP contribution in [-0.4, -0.2) is 17.8 Å². The minimum Gasteiger partial charge on any atom is -0.287 e. The van der Waals surface area contributed by atoms with Crippen LogP contribution in [0.25, 0.3) is 0 Å². The topological polar surface area (TPSA) is 3.24 Å². The van der Waals surface area contributed by atoms with Crippen molar-refractivity contribution >= 4 is 9.39 Å². The maximum absolute atomic E-state index is 2.79. The van der Waals surface area contributed by atoms with E-state index in [9.17, 15) is 0 Å². The lowest BCUT2D eigenvalue weighted by molar-refractivity contribution is 0.277. The van der Waals surface area contributed by atoms with Crippen LogP contribution in [0.5, 0.6) is 0 Å². The third-order valence-corrected chi connectivity index (χ3v) is 2.86. The molecule has 0 saturated carbocycles. The summed E-state index contributed by atoms with van der Waals surface area (Å²) < 4.78 is 2.35. The molecule has 1 nitrogen and oxygen atoms in total. The van der Waals surface area contributed by atoms with E-state index < -0.39 is 0 Å². The van der Waals surface area contributed by atoms with E-state index in [2.05, 4.69) is 21.0 Å². The molecule has 1 unspecified atom stereocenters. The Hall–Kier alpha value is 0.390. The van der Waals surface area contributed by atoms with E-state index in [1.807, 2.05) is 0 Å². The molecule has 0 N–H and O–H groups in total. The highest BCUT2D eigenvalue weighted by Crippen LogP contribution is 2.22. The summed E-state index contributed by atoms with van der Waals surface area (Å²) in [6.07, 6.45) is 5.63. The van der Waals surface area contributed by atoms with Crippen molar-refractivity contribution in [2.75, 3.05) is 13.1 Å². The molecule has 1 rings (SSSR count). The second-order valence-electron chi connectivity index (χ2n) is 3.27. The Morgan fingerprint density at radius 3 is 2.50 bits per heavy atom. The van der Waals surface area contributed by atoms with E-state index in [1.165, 1.54) is 38.8 Å². The van der Waals surface area contributed by atoms with Gasteiger partial charge in [-0.15, -0.1) is 0 Å². The van der Waals surface area contributed by atoms with Gasteiger partial charge in [0.05, 0.1) is 0 Å². The minimum absolute atomic E-state index is 1.03. The molecule has 1 aliphatic heterocycles. The van der Waals surface area contributed by atoms with Crippen molar-refractivity contribution in [2.45, 2.75) is 32.6 Å². The van der Waals surface area contributed by atoms with Crippen LogP contribution in [0.1, 0.15) is 32.6 Å². The molecule has 1 heterocycles. The third kappa shape index (κ3) is 2.56. The van der Waals surface area contributed by atoms with Gasteiger partial charge in [0.15, 0.2) is 0 Å². The molecule has 1 atom stereocenters. The van der Waals surface area contributed by atoms with Crippen LogP contribution in [0.4, 0.5) is 0 Å². The number of rotatable bonds is 2. The molecule has 10 heavy (non-hydrogen) atoms. The number of piperidine rings is 1. The fourth-order valence-electron chi connectivity index (χ4n) is 1.65. The maximum Gasteiger partial charge on any atom is 0.00188 e. The fraction of sp³-hybridized carbons (Fsp3) is 1.00. The molecule has 0 aromatic carbocycles. The highest BCUT2D eigenvalue weighted by molar-refractivity contribution is 7.13. The van der Waals surface area contributed by atoms with Crippen LogP contribution in [-0.2, 0) is 0 Å². The van der Waals surface area contributed by atoms with Crippen molar-refractivity contribution in [2.24, 2.45) is 5.92 Å². The molecular formula is C8H18NP. The van der Waals surface area contributed by atoms with Gasteiger partial charge in [0.25, 0.3) is 0 Å². The van der Waals surface area contributed by atoms with Gasteiger partial charge < -0.3 is 0 Å². The summed E-state index contributed by atoms with van der Waals surface area (Å²) in [5.74, 6) is 1.03. The monoisotopic (exact) mass is 159 g/mol. The molecule has 0 aromatic rings. The molecule has 0 amide bonds. The number of hydrogen-bond acceptors (Lipinski definition) is 1. The summed E-state index contributed by atoms with van der Waals surface area (Å²) in [5.41, 5.74) is 0. The van der Waals surface area contributed by atoms with E-state index in [0.29, 0.717) is 0 Å². The molecule has 2 heteroatoms. The Morgan fingerprint density at radius 2 is 2.00 bits per heavy atom. The molecule has 60 valence electrons. The lowest BCUT2D eigenvalue weighted by atomic mass is 9.94.